The van der Waals surface area contributed by atoms with Gasteiger partial charge >= 0.3 is 0 Å². The Balaban J connectivity index is 1.10. The van der Waals surface area contributed by atoms with Crippen LogP contribution < -0.4 is 19.7 Å². The van der Waals surface area contributed by atoms with Crippen LogP contribution in [-0.2, 0) is 27.3 Å². The molecule has 212 valence electrons. The molecule has 0 aromatic heterocycles. The van der Waals surface area contributed by atoms with E-state index in [4.69, 9.17) is 9.47 Å². The Morgan fingerprint density at radius 1 is 0.854 bits per heavy atom. The molecule has 3 aliphatic rings. The highest BCUT2D eigenvalue weighted by Gasteiger charge is 2.54. The van der Waals surface area contributed by atoms with Crippen LogP contribution >= 0.6 is 0 Å². The number of amides is 3. The van der Waals surface area contributed by atoms with Crippen LogP contribution in [0.2, 0.25) is 0 Å². The minimum absolute atomic E-state index is 0.0335. The van der Waals surface area contributed by atoms with Crippen molar-refractivity contribution in [3.05, 3.63) is 90.0 Å². The van der Waals surface area contributed by atoms with E-state index in [2.05, 4.69) is 10.2 Å². The van der Waals surface area contributed by atoms with Crippen molar-refractivity contribution in [2.45, 2.75) is 37.8 Å². The van der Waals surface area contributed by atoms with E-state index in [1.54, 1.807) is 4.90 Å². The van der Waals surface area contributed by atoms with Gasteiger partial charge in [-0.3, -0.25) is 14.4 Å². The van der Waals surface area contributed by atoms with Gasteiger partial charge in [0.05, 0.1) is 6.67 Å². The van der Waals surface area contributed by atoms with Crippen LogP contribution in [-0.4, -0.2) is 66.2 Å². The van der Waals surface area contributed by atoms with Crippen LogP contribution in [0.15, 0.2) is 78.9 Å². The summed E-state index contributed by atoms with van der Waals surface area (Å²) in [6, 6.07) is 25.4. The molecular weight excluding hydrogens is 520 g/mol. The molecule has 0 aliphatic carbocycles. The zero-order chi connectivity index (χ0) is 28.2. The third-order valence-corrected chi connectivity index (χ3v) is 8.26. The first-order valence-corrected chi connectivity index (χ1v) is 14.1. The summed E-state index contributed by atoms with van der Waals surface area (Å²) in [5.41, 5.74) is 2.19. The quantitative estimate of drug-likeness (QED) is 0.460. The number of fused-ring (bicyclic) bond motifs is 1. The molecule has 0 radical (unpaired) electrons. The predicted octanol–water partition coefficient (Wildman–Crippen LogP) is 3.33. The minimum Gasteiger partial charge on any atom is -0.454 e. The average molecular weight is 555 g/mol. The maximum Gasteiger partial charge on any atom is 0.250 e. The summed E-state index contributed by atoms with van der Waals surface area (Å²) in [5.74, 6) is 1.18. The Morgan fingerprint density at radius 3 is 2.32 bits per heavy atom. The first-order valence-electron chi connectivity index (χ1n) is 14.1. The fraction of sp³-hybridized carbons (Fsp3) is 0.344. The van der Waals surface area contributed by atoms with Gasteiger partial charge in [-0.15, -0.1) is 0 Å². The molecule has 3 aliphatic heterocycles. The molecule has 9 nitrogen and oxygen atoms in total. The molecule has 2 saturated heterocycles. The summed E-state index contributed by atoms with van der Waals surface area (Å²) in [4.78, 5) is 45.6. The second-order valence-corrected chi connectivity index (χ2v) is 10.8. The Hall–Kier alpha value is -4.53. The number of hydrogen-bond donors (Lipinski definition) is 1. The molecular formula is C32H34N4O5. The highest BCUT2D eigenvalue weighted by atomic mass is 16.7. The number of aryl methyl sites for hydroxylation is 1. The first-order chi connectivity index (χ1) is 20.0. The third-order valence-electron chi connectivity index (χ3n) is 8.26. The molecule has 0 atom stereocenters. The number of ether oxygens (including phenoxy) is 2. The molecule has 6 rings (SSSR count). The van der Waals surface area contributed by atoms with Crippen LogP contribution in [0.5, 0.6) is 11.5 Å². The average Bonchev–Trinajstić information content (AvgIpc) is 3.59. The van der Waals surface area contributed by atoms with Crippen molar-refractivity contribution in [3.63, 3.8) is 0 Å². The van der Waals surface area contributed by atoms with Crippen LogP contribution in [0.3, 0.4) is 0 Å². The summed E-state index contributed by atoms with van der Waals surface area (Å²) >= 11 is 0. The number of hydrogen-bond acceptors (Lipinski definition) is 6. The number of anilines is 1. The number of carbonyl (C=O) groups excluding carboxylic acids is 3. The van der Waals surface area contributed by atoms with Crippen LogP contribution in [0.4, 0.5) is 5.69 Å². The first kappa shape index (κ1) is 26.7. The number of likely N-dealkylation sites (tertiary alicyclic amines) is 1. The van der Waals surface area contributed by atoms with Gasteiger partial charge in [-0.1, -0.05) is 54.6 Å². The van der Waals surface area contributed by atoms with Gasteiger partial charge in [-0.05, 0) is 54.7 Å². The zero-order valence-corrected chi connectivity index (χ0v) is 23.0. The molecule has 3 aromatic carbocycles. The van der Waals surface area contributed by atoms with Gasteiger partial charge in [0.15, 0.2) is 11.5 Å². The third kappa shape index (κ3) is 5.57. The maximum absolute atomic E-state index is 14.0. The normalized spacial score (nSPS) is 17.3. The lowest BCUT2D eigenvalue weighted by atomic mass is 9.85. The monoisotopic (exact) mass is 554 g/mol. The highest BCUT2D eigenvalue weighted by Crippen LogP contribution is 2.39. The lowest BCUT2D eigenvalue weighted by Gasteiger charge is -2.43. The second-order valence-electron chi connectivity index (χ2n) is 10.8. The Bertz CT molecular complexity index is 1410. The second kappa shape index (κ2) is 11.5. The van der Waals surface area contributed by atoms with E-state index in [-0.39, 0.29) is 31.1 Å². The molecule has 9 heteroatoms. The van der Waals surface area contributed by atoms with E-state index in [1.807, 2.05) is 83.8 Å². The van der Waals surface area contributed by atoms with E-state index >= 15 is 0 Å². The number of piperidine rings is 1. The van der Waals surface area contributed by atoms with Gasteiger partial charge in [0.1, 0.15) is 12.1 Å². The summed E-state index contributed by atoms with van der Waals surface area (Å²) in [6.45, 7) is 1.82. The van der Waals surface area contributed by atoms with Crippen molar-refractivity contribution < 1.29 is 23.9 Å². The predicted molar refractivity (Wildman–Crippen MR) is 153 cm³/mol. The molecule has 2 fully saturated rings. The number of benzene rings is 3. The topological polar surface area (TPSA) is 91.4 Å². The van der Waals surface area contributed by atoms with Crippen molar-refractivity contribution in [1.29, 1.82) is 0 Å². The lowest BCUT2D eigenvalue weighted by molar-refractivity contribution is -0.140. The van der Waals surface area contributed by atoms with E-state index < -0.39 is 5.54 Å². The summed E-state index contributed by atoms with van der Waals surface area (Å²) in [5, 5.41) is 2.93. The van der Waals surface area contributed by atoms with Gasteiger partial charge in [0.25, 0.3) is 5.91 Å². The van der Waals surface area contributed by atoms with Gasteiger partial charge < -0.3 is 29.5 Å². The number of nitrogens with one attached hydrogen (secondary N) is 1. The molecule has 0 saturated carbocycles. The number of nitrogens with zero attached hydrogens (tertiary/aromatic N) is 3. The fourth-order valence-electron chi connectivity index (χ4n) is 5.98. The van der Waals surface area contributed by atoms with Gasteiger partial charge in [-0.2, -0.15) is 0 Å². The van der Waals surface area contributed by atoms with E-state index in [1.165, 1.54) is 0 Å². The van der Waals surface area contributed by atoms with Crippen LogP contribution in [0.25, 0.3) is 0 Å². The number of carbonyl (C=O) groups is 3. The molecule has 0 bridgehead atoms. The van der Waals surface area contributed by atoms with Crippen molar-refractivity contribution in [2.75, 3.05) is 38.0 Å². The Kier molecular flexibility index (Phi) is 7.50. The molecule has 41 heavy (non-hydrogen) atoms. The Labute approximate surface area is 239 Å². The summed E-state index contributed by atoms with van der Waals surface area (Å²) < 4.78 is 10.8. The van der Waals surface area contributed by atoms with Crippen molar-refractivity contribution in [3.8, 4) is 11.5 Å². The smallest absolute Gasteiger partial charge is 0.250 e. The van der Waals surface area contributed by atoms with Gasteiger partial charge in [0, 0.05) is 31.7 Å². The van der Waals surface area contributed by atoms with Gasteiger partial charge in [-0.25, -0.2) is 0 Å². The number of para-hydroxylation sites is 1. The molecule has 1 N–H and O–H groups in total. The fourth-order valence-corrected chi connectivity index (χ4v) is 5.98. The molecule has 3 aromatic rings. The highest BCUT2D eigenvalue weighted by molar-refractivity contribution is 5.96. The minimum atomic E-state index is -0.783. The van der Waals surface area contributed by atoms with E-state index in [9.17, 15) is 14.4 Å². The summed E-state index contributed by atoms with van der Waals surface area (Å²) in [7, 11) is 0. The van der Waals surface area contributed by atoms with E-state index in [0.717, 1.165) is 16.8 Å². The van der Waals surface area contributed by atoms with E-state index in [0.29, 0.717) is 63.5 Å². The Morgan fingerprint density at radius 2 is 1.56 bits per heavy atom. The summed E-state index contributed by atoms with van der Waals surface area (Å²) in [6.07, 6.45) is 2.19. The maximum atomic E-state index is 14.0. The van der Waals surface area contributed by atoms with Crippen molar-refractivity contribution in [2.24, 2.45) is 0 Å². The number of rotatable bonds is 8. The molecule has 0 unspecified atom stereocenters. The van der Waals surface area contributed by atoms with Crippen molar-refractivity contribution >= 4 is 23.4 Å². The van der Waals surface area contributed by atoms with Crippen LogP contribution in [0, 0.1) is 0 Å². The molecule has 1 spiro atoms. The molecule has 3 amide bonds. The SMILES string of the molecule is O=C(CN1CN(c2ccccc2)C2(CCN(C(=O)CCc3ccccc3)CC2)C1=O)NCc1ccc2c(c1)OCO2. The lowest BCUT2D eigenvalue weighted by Crippen LogP contribution is -2.57. The largest absolute Gasteiger partial charge is 0.454 e. The van der Waals surface area contributed by atoms with Crippen LogP contribution in [0.1, 0.15) is 30.4 Å². The molecule has 3 heterocycles. The zero-order valence-electron chi connectivity index (χ0n) is 23.0. The van der Waals surface area contributed by atoms with Gasteiger partial charge in [0.2, 0.25) is 18.6 Å². The van der Waals surface area contributed by atoms with Crippen molar-refractivity contribution in [1.82, 2.24) is 15.1 Å². The standard InChI is InChI=1S/C32H34N4O5/c37-29(33-20-25-11-13-27-28(19-25)41-23-40-27)21-35-22-36(26-9-5-2-6-10-26)32(31(35)39)15-17-34(18-16-32)30(38)14-12-24-7-3-1-4-8-24/h1-11,13,19H,12,14-18,20-23H2,(H,33,37).